The Morgan fingerprint density at radius 1 is 1.30 bits per heavy atom. The molecule has 0 aromatic rings. The van der Waals surface area contributed by atoms with Gasteiger partial charge in [-0.3, -0.25) is 14.5 Å². The Labute approximate surface area is 113 Å². The van der Waals surface area contributed by atoms with Crippen molar-refractivity contribution in [2.75, 3.05) is 32.7 Å². The molecule has 20 heavy (non-hydrogen) atoms. The van der Waals surface area contributed by atoms with Gasteiger partial charge in [-0.25, -0.2) is 0 Å². The molecule has 0 bridgehead atoms. The predicted octanol–water partition coefficient (Wildman–Crippen LogP) is 0.649. The van der Waals surface area contributed by atoms with Crippen LogP contribution in [0.3, 0.4) is 0 Å². The lowest BCUT2D eigenvalue weighted by atomic mass is 10.5. The van der Waals surface area contributed by atoms with Crippen LogP contribution in [0.15, 0.2) is 0 Å². The molecule has 1 unspecified atom stereocenters. The lowest BCUT2D eigenvalue weighted by Crippen LogP contribution is -2.44. The summed E-state index contributed by atoms with van der Waals surface area (Å²) in [5.74, 6) is -3.50. The Bertz CT molecular complexity index is 362. The van der Waals surface area contributed by atoms with E-state index in [4.69, 9.17) is 9.63 Å². The number of halogens is 3. The van der Waals surface area contributed by atoms with Crippen molar-refractivity contribution in [3.8, 4) is 0 Å². The first-order valence-electron chi connectivity index (χ1n) is 5.41. The maximum Gasteiger partial charge on any atom is 0.527 e. The highest BCUT2D eigenvalue weighted by molar-refractivity contribution is 7.37. The van der Waals surface area contributed by atoms with Gasteiger partial charge in [0.2, 0.25) is 0 Å². The molecule has 0 aromatic carbocycles. The standard InChI is InChI=1S/C9H13F3NO6P/c1-2-18-3-4-19-7(14)5-13(6-20(16)17)8(15)9(10,11)12/h2-6H2,1H3/p+1. The summed E-state index contributed by atoms with van der Waals surface area (Å²) in [4.78, 5) is 30.6. The van der Waals surface area contributed by atoms with Crippen LogP contribution in [-0.2, 0) is 23.6 Å². The molecule has 0 saturated heterocycles. The van der Waals surface area contributed by atoms with Gasteiger partial charge in [0.05, 0.1) is 6.61 Å². The SMILES string of the molecule is CCOCCOC(=O)CN(C[P+](=O)O)C(=O)C(F)(F)F. The summed E-state index contributed by atoms with van der Waals surface area (Å²) in [7, 11) is -3.05. The minimum Gasteiger partial charge on any atom is -0.462 e. The Morgan fingerprint density at radius 2 is 1.90 bits per heavy atom. The van der Waals surface area contributed by atoms with Gasteiger partial charge in [-0.05, 0) is 11.5 Å². The van der Waals surface area contributed by atoms with Crippen LogP contribution < -0.4 is 0 Å². The zero-order valence-electron chi connectivity index (χ0n) is 10.6. The molecule has 0 radical (unpaired) electrons. The van der Waals surface area contributed by atoms with Gasteiger partial charge in [0.15, 0.2) is 0 Å². The van der Waals surface area contributed by atoms with Crippen LogP contribution in [0.5, 0.6) is 0 Å². The number of rotatable bonds is 8. The molecule has 7 nitrogen and oxygen atoms in total. The lowest BCUT2D eigenvalue weighted by molar-refractivity contribution is -0.186. The van der Waals surface area contributed by atoms with Crippen LogP contribution in [0, 0.1) is 0 Å². The van der Waals surface area contributed by atoms with Crippen molar-refractivity contribution < 1.29 is 41.7 Å². The number of hydrogen-bond acceptors (Lipinski definition) is 5. The highest BCUT2D eigenvalue weighted by Crippen LogP contribution is 2.22. The molecule has 0 aliphatic heterocycles. The molecule has 0 aliphatic rings. The van der Waals surface area contributed by atoms with Gasteiger partial charge in [0, 0.05) is 6.61 Å². The highest BCUT2D eigenvalue weighted by atomic mass is 31.1. The zero-order valence-corrected chi connectivity index (χ0v) is 11.4. The zero-order chi connectivity index (χ0) is 15.8. The van der Waals surface area contributed by atoms with Crippen molar-refractivity contribution in [1.29, 1.82) is 0 Å². The summed E-state index contributed by atoms with van der Waals surface area (Å²) in [5, 5.41) is 0. The third-order valence-corrected chi connectivity index (χ3v) is 2.42. The second-order valence-corrected chi connectivity index (χ2v) is 4.40. The Hall–Kier alpha value is -1.25. The molecule has 0 rings (SSSR count). The smallest absolute Gasteiger partial charge is 0.462 e. The Balaban J connectivity index is 4.46. The molecular formula is C9H14F3NO6P+. The van der Waals surface area contributed by atoms with Crippen LogP contribution in [0.2, 0.25) is 0 Å². The van der Waals surface area contributed by atoms with Crippen molar-refractivity contribution in [3.05, 3.63) is 0 Å². The number of carbonyl (C=O) groups excluding carboxylic acids is 2. The Morgan fingerprint density at radius 3 is 2.35 bits per heavy atom. The molecule has 11 heteroatoms. The van der Waals surface area contributed by atoms with Crippen LogP contribution in [0.25, 0.3) is 0 Å². The van der Waals surface area contributed by atoms with E-state index < -0.39 is 38.9 Å². The molecule has 0 saturated carbocycles. The molecule has 116 valence electrons. The molecular weight excluding hydrogens is 306 g/mol. The lowest BCUT2D eigenvalue weighted by Gasteiger charge is -2.17. The molecule has 0 heterocycles. The monoisotopic (exact) mass is 320 g/mol. The first-order chi connectivity index (χ1) is 9.18. The highest BCUT2D eigenvalue weighted by Gasteiger charge is 2.45. The van der Waals surface area contributed by atoms with E-state index in [1.54, 1.807) is 6.92 Å². The maximum absolute atomic E-state index is 12.2. The molecule has 1 atom stereocenters. The second-order valence-electron chi connectivity index (χ2n) is 3.41. The van der Waals surface area contributed by atoms with Crippen LogP contribution >= 0.6 is 8.03 Å². The summed E-state index contributed by atoms with van der Waals surface area (Å²) in [6.07, 6.45) is -6.34. The fraction of sp³-hybridized carbons (Fsp3) is 0.778. The normalized spacial score (nSPS) is 11.9. The van der Waals surface area contributed by atoms with E-state index in [0.29, 0.717) is 6.61 Å². The van der Waals surface area contributed by atoms with Crippen molar-refractivity contribution in [2.45, 2.75) is 13.1 Å². The van der Waals surface area contributed by atoms with Gasteiger partial charge in [-0.15, -0.1) is 0 Å². The maximum atomic E-state index is 12.2. The Kier molecular flexibility index (Phi) is 8.28. The van der Waals surface area contributed by atoms with Crippen molar-refractivity contribution in [2.24, 2.45) is 0 Å². The molecule has 1 amide bonds. The number of alkyl halides is 3. The average Bonchev–Trinajstić information content (AvgIpc) is 2.31. The quantitative estimate of drug-likeness (QED) is 0.401. The van der Waals surface area contributed by atoms with Gasteiger partial charge < -0.3 is 9.47 Å². The van der Waals surface area contributed by atoms with E-state index in [2.05, 4.69) is 4.74 Å². The largest absolute Gasteiger partial charge is 0.527 e. The van der Waals surface area contributed by atoms with E-state index >= 15 is 0 Å². The van der Waals surface area contributed by atoms with Crippen molar-refractivity contribution in [3.63, 3.8) is 0 Å². The van der Waals surface area contributed by atoms with E-state index in [9.17, 15) is 27.3 Å². The fourth-order valence-corrected chi connectivity index (χ4v) is 1.59. The summed E-state index contributed by atoms with van der Waals surface area (Å²) >= 11 is 0. The van der Waals surface area contributed by atoms with Gasteiger partial charge in [-0.2, -0.15) is 18.1 Å². The van der Waals surface area contributed by atoms with E-state index in [1.807, 2.05) is 0 Å². The first kappa shape index (κ1) is 18.8. The topological polar surface area (TPSA) is 93.1 Å². The summed E-state index contributed by atoms with van der Waals surface area (Å²) in [6.45, 7) is 0.881. The number of nitrogens with zero attached hydrogens (tertiary/aromatic N) is 1. The van der Waals surface area contributed by atoms with E-state index in [1.165, 1.54) is 0 Å². The minimum absolute atomic E-state index is 0.0592. The molecule has 0 spiro atoms. The number of amides is 1. The molecule has 0 aromatic heterocycles. The van der Waals surface area contributed by atoms with E-state index in [0.717, 1.165) is 0 Å². The van der Waals surface area contributed by atoms with Crippen LogP contribution in [-0.4, -0.2) is 60.5 Å². The molecule has 1 N–H and O–H groups in total. The van der Waals surface area contributed by atoms with E-state index in [-0.39, 0.29) is 18.1 Å². The first-order valence-corrected chi connectivity index (χ1v) is 6.81. The van der Waals surface area contributed by atoms with Crippen LogP contribution in [0.4, 0.5) is 13.2 Å². The van der Waals surface area contributed by atoms with Crippen LogP contribution in [0.1, 0.15) is 6.92 Å². The number of carbonyl (C=O) groups is 2. The fourth-order valence-electron chi connectivity index (χ4n) is 1.07. The van der Waals surface area contributed by atoms with Crippen molar-refractivity contribution in [1.82, 2.24) is 4.90 Å². The van der Waals surface area contributed by atoms with Gasteiger partial charge in [-0.1, -0.05) is 0 Å². The predicted molar refractivity (Wildman–Crippen MR) is 59.9 cm³/mol. The average molecular weight is 320 g/mol. The van der Waals surface area contributed by atoms with Gasteiger partial charge in [0.25, 0.3) is 6.29 Å². The minimum atomic E-state index is -5.24. The molecule has 0 fully saturated rings. The second kappa shape index (κ2) is 8.83. The third-order valence-electron chi connectivity index (χ3n) is 1.84. The number of ether oxygens (including phenoxy) is 2. The summed E-state index contributed by atoms with van der Waals surface area (Å²) in [6, 6.07) is 0. The van der Waals surface area contributed by atoms with Gasteiger partial charge >= 0.3 is 26.1 Å². The summed E-state index contributed by atoms with van der Waals surface area (Å²) in [5.41, 5.74) is 0. The van der Waals surface area contributed by atoms with Crippen molar-refractivity contribution >= 4 is 19.9 Å². The number of esters is 1. The third kappa shape index (κ3) is 8.03. The summed E-state index contributed by atoms with van der Waals surface area (Å²) < 4.78 is 56.5. The molecule has 0 aliphatic carbocycles. The number of hydrogen-bond donors (Lipinski definition) is 1. The van der Waals surface area contributed by atoms with Gasteiger partial charge in [0.1, 0.15) is 13.2 Å².